The first kappa shape index (κ1) is 13.3. The molecular weight excluding hydrogens is 250 g/mol. The first-order chi connectivity index (χ1) is 7.91. The molecule has 0 saturated carbocycles. The van der Waals surface area contributed by atoms with Crippen LogP contribution < -0.4 is 5.32 Å². The second kappa shape index (κ2) is 5.55. The Labute approximate surface area is 102 Å². The van der Waals surface area contributed by atoms with E-state index in [-0.39, 0.29) is 17.3 Å². The van der Waals surface area contributed by atoms with Crippen molar-refractivity contribution in [2.24, 2.45) is 0 Å². The molecule has 0 bridgehead atoms. The topological polar surface area (TPSA) is 105 Å². The van der Waals surface area contributed by atoms with Crippen LogP contribution in [0.1, 0.15) is 17.3 Å². The first-order valence-electron chi connectivity index (χ1n) is 4.68. The van der Waals surface area contributed by atoms with Gasteiger partial charge in [0, 0.05) is 6.54 Å². The molecule has 92 valence electrons. The van der Waals surface area contributed by atoms with E-state index in [4.69, 9.17) is 16.7 Å². The zero-order valence-corrected chi connectivity index (χ0v) is 9.64. The smallest absolute Gasteiger partial charge is 0.300 e. The summed E-state index contributed by atoms with van der Waals surface area (Å²) in [6.07, 6.45) is 0.176. The summed E-state index contributed by atoms with van der Waals surface area (Å²) < 4.78 is 0. The Balaban J connectivity index is 2.98. The molecule has 0 spiro atoms. The summed E-state index contributed by atoms with van der Waals surface area (Å²) in [7, 11) is 0. The number of hydrogen-bond acceptors (Lipinski definition) is 5. The van der Waals surface area contributed by atoms with Crippen LogP contribution in [0.25, 0.3) is 0 Å². The van der Waals surface area contributed by atoms with Crippen molar-refractivity contribution >= 4 is 23.2 Å². The van der Waals surface area contributed by atoms with E-state index in [0.717, 1.165) is 12.3 Å². The van der Waals surface area contributed by atoms with Gasteiger partial charge in [-0.05, 0) is 13.0 Å². The van der Waals surface area contributed by atoms with Crippen LogP contribution >= 0.6 is 11.6 Å². The van der Waals surface area contributed by atoms with Crippen molar-refractivity contribution in [3.8, 4) is 0 Å². The lowest BCUT2D eigenvalue weighted by Crippen LogP contribution is -2.31. The number of pyridine rings is 1. The number of aromatic nitrogens is 1. The van der Waals surface area contributed by atoms with Crippen LogP contribution in [0.2, 0.25) is 5.15 Å². The van der Waals surface area contributed by atoms with Crippen molar-refractivity contribution in [3.63, 3.8) is 0 Å². The summed E-state index contributed by atoms with van der Waals surface area (Å²) >= 11 is 5.57. The molecule has 1 amide bonds. The SMILES string of the molecule is CC(O)CNC(=O)c1cc(Cl)ncc1[N+](=O)[O-]. The number of nitro groups is 1. The molecule has 8 heteroatoms. The van der Waals surface area contributed by atoms with Gasteiger partial charge in [0.15, 0.2) is 0 Å². The molecule has 0 aromatic carbocycles. The average molecular weight is 260 g/mol. The summed E-state index contributed by atoms with van der Waals surface area (Å²) in [5.74, 6) is -0.679. The van der Waals surface area contributed by atoms with Gasteiger partial charge in [-0.2, -0.15) is 0 Å². The molecule has 17 heavy (non-hydrogen) atoms. The zero-order chi connectivity index (χ0) is 13.0. The molecule has 0 aliphatic rings. The van der Waals surface area contributed by atoms with Gasteiger partial charge in [-0.3, -0.25) is 14.9 Å². The Morgan fingerprint density at radius 1 is 1.76 bits per heavy atom. The molecule has 7 nitrogen and oxygen atoms in total. The Bertz CT molecular complexity index is 450. The van der Waals surface area contributed by atoms with E-state index < -0.39 is 22.6 Å². The van der Waals surface area contributed by atoms with Gasteiger partial charge in [0.1, 0.15) is 16.9 Å². The molecule has 1 aromatic heterocycles. The zero-order valence-electron chi connectivity index (χ0n) is 8.88. The lowest BCUT2D eigenvalue weighted by atomic mass is 10.2. The number of halogens is 1. The molecule has 1 unspecified atom stereocenters. The van der Waals surface area contributed by atoms with Crippen LogP contribution in [0.3, 0.4) is 0 Å². The van der Waals surface area contributed by atoms with Crippen molar-refractivity contribution in [1.29, 1.82) is 0 Å². The summed E-state index contributed by atoms with van der Waals surface area (Å²) in [6.45, 7) is 1.48. The van der Waals surface area contributed by atoms with Gasteiger partial charge in [0.2, 0.25) is 0 Å². The highest BCUT2D eigenvalue weighted by Crippen LogP contribution is 2.19. The Morgan fingerprint density at radius 3 is 2.94 bits per heavy atom. The van der Waals surface area contributed by atoms with Gasteiger partial charge < -0.3 is 10.4 Å². The van der Waals surface area contributed by atoms with E-state index in [2.05, 4.69) is 10.3 Å². The number of carbonyl (C=O) groups is 1. The van der Waals surface area contributed by atoms with Crippen molar-refractivity contribution in [3.05, 3.63) is 33.1 Å². The van der Waals surface area contributed by atoms with E-state index >= 15 is 0 Å². The molecule has 0 aliphatic carbocycles. The molecule has 0 fully saturated rings. The molecule has 2 N–H and O–H groups in total. The molecule has 0 radical (unpaired) electrons. The monoisotopic (exact) mass is 259 g/mol. The third kappa shape index (κ3) is 3.65. The quantitative estimate of drug-likeness (QED) is 0.472. The Morgan fingerprint density at radius 2 is 2.41 bits per heavy atom. The largest absolute Gasteiger partial charge is 0.392 e. The van der Waals surface area contributed by atoms with Crippen molar-refractivity contribution in [2.45, 2.75) is 13.0 Å². The standard InChI is InChI=1S/C9H10ClN3O4/c1-5(14)3-12-9(15)6-2-8(10)11-4-7(6)13(16)17/h2,4-5,14H,3H2,1H3,(H,12,15). The highest BCUT2D eigenvalue weighted by Gasteiger charge is 2.21. The van der Waals surface area contributed by atoms with Gasteiger partial charge in [0.25, 0.3) is 11.6 Å². The maximum Gasteiger partial charge on any atom is 0.300 e. The van der Waals surface area contributed by atoms with Crippen LogP contribution in [-0.4, -0.2) is 33.6 Å². The van der Waals surface area contributed by atoms with Crippen LogP contribution in [0.5, 0.6) is 0 Å². The minimum atomic E-state index is -0.740. The Kier molecular flexibility index (Phi) is 4.36. The second-order valence-corrected chi connectivity index (χ2v) is 3.73. The van der Waals surface area contributed by atoms with Gasteiger partial charge in [-0.15, -0.1) is 0 Å². The van der Waals surface area contributed by atoms with Crippen molar-refractivity contribution in [2.75, 3.05) is 6.54 Å². The van der Waals surface area contributed by atoms with Crippen LogP contribution in [0.15, 0.2) is 12.3 Å². The summed E-state index contributed by atoms with van der Waals surface area (Å²) in [4.78, 5) is 25.1. The third-order valence-electron chi connectivity index (χ3n) is 1.85. The highest BCUT2D eigenvalue weighted by molar-refractivity contribution is 6.29. The maximum absolute atomic E-state index is 11.6. The van der Waals surface area contributed by atoms with E-state index in [1.165, 1.54) is 6.92 Å². The lowest BCUT2D eigenvalue weighted by Gasteiger charge is -2.07. The van der Waals surface area contributed by atoms with Gasteiger partial charge >= 0.3 is 0 Å². The highest BCUT2D eigenvalue weighted by atomic mass is 35.5. The molecular formula is C9H10ClN3O4. The minimum Gasteiger partial charge on any atom is -0.392 e. The van der Waals surface area contributed by atoms with E-state index in [0.29, 0.717) is 0 Å². The van der Waals surface area contributed by atoms with Crippen LogP contribution in [-0.2, 0) is 0 Å². The number of carbonyl (C=O) groups excluding carboxylic acids is 1. The normalized spacial score (nSPS) is 11.9. The predicted molar refractivity (Wildman–Crippen MR) is 59.9 cm³/mol. The minimum absolute atomic E-state index is 0.00404. The van der Waals surface area contributed by atoms with Crippen LogP contribution in [0, 0.1) is 10.1 Å². The fourth-order valence-corrected chi connectivity index (χ4v) is 1.24. The first-order valence-corrected chi connectivity index (χ1v) is 5.06. The Hall–Kier alpha value is -1.73. The molecule has 0 saturated heterocycles. The number of nitrogens with zero attached hydrogens (tertiary/aromatic N) is 2. The van der Waals surface area contributed by atoms with Crippen molar-refractivity contribution < 1.29 is 14.8 Å². The summed E-state index contributed by atoms with van der Waals surface area (Å²) in [6, 6.07) is 1.11. The molecule has 1 rings (SSSR count). The number of aliphatic hydroxyl groups is 1. The van der Waals surface area contributed by atoms with Gasteiger partial charge in [-0.25, -0.2) is 4.98 Å². The van der Waals surface area contributed by atoms with E-state index in [1.807, 2.05) is 0 Å². The molecule has 1 atom stereocenters. The number of rotatable bonds is 4. The second-order valence-electron chi connectivity index (χ2n) is 3.34. The molecule has 1 heterocycles. The van der Waals surface area contributed by atoms with E-state index in [9.17, 15) is 14.9 Å². The fraction of sp³-hybridized carbons (Fsp3) is 0.333. The number of aliphatic hydroxyl groups excluding tert-OH is 1. The van der Waals surface area contributed by atoms with Crippen LogP contribution in [0.4, 0.5) is 5.69 Å². The van der Waals surface area contributed by atoms with Gasteiger partial charge in [0.05, 0.1) is 11.0 Å². The predicted octanol–water partition coefficient (Wildman–Crippen LogP) is 0.754. The summed E-state index contributed by atoms with van der Waals surface area (Å²) in [5.41, 5.74) is -0.617. The van der Waals surface area contributed by atoms with E-state index in [1.54, 1.807) is 0 Å². The third-order valence-corrected chi connectivity index (χ3v) is 2.06. The molecule has 0 aliphatic heterocycles. The maximum atomic E-state index is 11.6. The lowest BCUT2D eigenvalue weighted by molar-refractivity contribution is -0.385. The number of nitrogens with one attached hydrogen (secondary N) is 1. The molecule has 1 aromatic rings. The van der Waals surface area contributed by atoms with Crippen molar-refractivity contribution in [1.82, 2.24) is 10.3 Å². The summed E-state index contributed by atoms with van der Waals surface area (Å²) in [5, 5.41) is 22.0. The number of hydrogen-bond donors (Lipinski definition) is 2. The number of amides is 1. The average Bonchev–Trinajstić information content (AvgIpc) is 2.25. The van der Waals surface area contributed by atoms with Gasteiger partial charge in [-0.1, -0.05) is 11.6 Å². The fourth-order valence-electron chi connectivity index (χ4n) is 1.09.